The zero-order valence-electron chi connectivity index (χ0n) is 48.3. The zero-order chi connectivity index (χ0) is 54.6. The molecule has 0 bridgehead atoms. The molecule has 0 aromatic rings. The van der Waals surface area contributed by atoms with Gasteiger partial charge in [0.15, 0.2) is 0 Å². The molecule has 0 aliphatic carbocycles. The monoisotopic (exact) mass is 1040 g/mol. The zero-order valence-corrected chi connectivity index (χ0v) is 48.3. The van der Waals surface area contributed by atoms with Gasteiger partial charge >= 0.3 is 5.97 Å². The molecule has 430 valence electrons. The number of allylic oxidation sites excluding steroid dienone is 4. The summed E-state index contributed by atoms with van der Waals surface area (Å²) < 4.78 is 13.4. The Hall–Kier alpha value is -2.86. The van der Waals surface area contributed by atoms with Crippen molar-refractivity contribution in [1.82, 2.24) is 0 Å². The van der Waals surface area contributed by atoms with Crippen molar-refractivity contribution in [2.75, 3.05) is 53.6 Å². The number of aliphatic carboxylic acids is 1. The number of nitrogens with zero attached hydrogens (tertiary/aromatic N) is 1. The maximum absolute atomic E-state index is 12.7. The molecular formula is C63H114NO10+. The third kappa shape index (κ3) is 50.0. The highest BCUT2D eigenvalue weighted by molar-refractivity contribution is 5.91. The molecule has 74 heavy (non-hydrogen) atoms. The topological polar surface area (TPSA) is 161 Å². The summed E-state index contributed by atoms with van der Waals surface area (Å²) in [6.45, 7) is 7.82. The van der Waals surface area contributed by atoms with Crippen molar-refractivity contribution in [1.29, 1.82) is 0 Å². The van der Waals surface area contributed by atoms with Crippen LogP contribution in [-0.4, -0.2) is 109 Å². The van der Waals surface area contributed by atoms with E-state index in [0.29, 0.717) is 30.5 Å². The second kappa shape index (κ2) is 52.2. The lowest BCUT2D eigenvalue weighted by Gasteiger charge is -2.34. The van der Waals surface area contributed by atoms with Gasteiger partial charge < -0.3 is 24.2 Å². The Kier molecular flexibility index (Phi) is 50.2. The van der Waals surface area contributed by atoms with Crippen molar-refractivity contribution in [2.24, 2.45) is 5.92 Å². The fourth-order valence-corrected chi connectivity index (χ4v) is 9.42. The summed E-state index contributed by atoms with van der Waals surface area (Å²) in [5.41, 5.74) is 0. The first kappa shape index (κ1) is 71.1. The van der Waals surface area contributed by atoms with Crippen LogP contribution in [0.4, 0.5) is 0 Å². The van der Waals surface area contributed by atoms with Gasteiger partial charge in [0.1, 0.15) is 41.6 Å². The minimum atomic E-state index is -0.913. The fourth-order valence-electron chi connectivity index (χ4n) is 9.42. The van der Waals surface area contributed by atoms with Crippen LogP contribution in [0.25, 0.3) is 0 Å². The highest BCUT2D eigenvalue weighted by atomic mass is 16.5. The third-order valence-corrected chi connectivity index (χ3v) is 14.4. The van der Waals surface area contributed by atoms with Crippen LogP contribution < -0.4 is 0 Å². The Morgan fingerprint density at radius 3 is 1.18 bits per heavy atom. The number of hydrogen-bond donors (Lipinski definition) is 2. The summed E-state index contributed by atoms with van der Waals surface area (Å²) in [5.74, 6) is -2.55. The lowest BCUT2D eigenvalue weighted by Crippen LogP contribution is -2.48. The van der Waals surface area contributed by atoms with Crippen LogP contribution in [0.2, 0.25) is 0 Å². The smallest absolute Gasteiger partial charge is 0.306 e. The quantitative estimate of drug-likeness (QED) is 0.0341. The number of carboxylic acid groups (broad SMARTS) is 1. The molecule has 0 aliphatic rings. The number of likely N-dealkylation sites (N-methyl/N-ethyl adjacent to an activating group) is 1. The number of aliphatic hydroxyl groups excluding tert-OH is 1. The van der Waals surface area contributed by atoms with Crippen molar-refractivity contribution in [3.8, 4) is 0 Å². The number of rotatable bonds is 59. The first-order valence-corrected chi connectivity index (χ1v) is 30.6. The molecule has 0 spiro atoms. The Balaban J connectivity index is 4.74. The first-order valence-electron chi connectivity index (χ1n) is 30.6. The summed E-state index contributed by atoms with van der Waals surface area (Å²) in [4.78, 5) is 73.1. The van der Waals surface area contributed by atoms with E-state index in [-0.39, 0.29) is 112 Å². The number of carbonyl (C=O) groups is 6. The number of unbranched alkanes of at least 4 members (excludes halogenated alkanes) is 24. The summed E-state index contributed by atoms with van der Waals surface area (Å²) >= 11 is 0. The minimum absolute atomic E-state index is 0.00351. The molecule has 2 atom stereocenters. The van der Waals surface area contributed by atoms with Crippen LogP contribution in [-0.2, 0) is 38.2 Å². The van der Waals surface area contributed by atoms with Crippen molar-refractivity contribution < 1.29 is 52.9 Å². The largest absolute Gasteiger partial charge is 0.481 e. The third-order valence-electron chi connectivity index (χ3n) is 14.4. The number of ketones is 5. The second-order valence-corrected chi connectivity index (χ2v) is 22.2. The second-order valence-electron chi connectivity index (χ2n) is 22.2. The molecule has 2 N–H and O–H groups in total. The summed E-state index contributed by atoms with van der Waals surface area (Å²) in [6.07, 6.45) is 46.7. The average Bonchev–Trinajstić information content (AvgIpc) is 3.37. The molecule has 0 fully saturated rings. The van der Waals surface area contributed by atoms with Gasteiger partial charge in [-0.25, -0.2) is 0 Å². The minimum Gasteiger partial charge on any atom is -0.481 e. The maximum Gasteiger partial charge on any atom is 0.306 e. The average molecular weight is 1050 g/mol. The normalized spacial score (nSPS) is 12.8. The van der Waals surface area contributed by atoms with Crippen LogP contribution in [0.1, 0.15) is 277 Å². The first-order chi connectivity index (χ1) is 35.8. The Labute approximate surface area is 453 Å². The maximum atomic E-state index is 12.7. The highest BCUT2D eigenvalue weighted by Crippen LogP contribution is 2.19. The fraction of sp³-hybridized carbons (Fsp3) is 0.841. The van der Waals surface area contributed by atoms with Gasteiger partial charge in [-0.3, -0.25) is 28.8 Å². The Bertz CT molecular complexity index is 1460. The molecule has 2 unspecified atom stereocenters. The van der Waals surface area contributed by atoms with E-state index in [1.54, 1.807) is 0 Å². The van der Waals surface area contributed by atoms with Gasteiger partial charge in [-0.05, 0) is 83.5 Å². The molecule has 0 aromatic heterocycles. The van der Waals surface area contributed by atoms with E-state index < -0.39 is 11.9 Å². The number of quaternary nitrogens is 1. The van der Waals surface area contributed by atoms with Gasteiger partial charge in [0.2, 0.25) is 0 Å². The van der Waals surface area contributed by atoms with Gasteiger partial charge in [0, 0.05) is 84.0 Å². The van der Waals surface area contributed by atoms with Crippen molar-refractivity contribution in [2.45, 2.75) is 283 Å². The van der Waals surface area contributed by atoms with Gasteiger partial charge in [-0.15, -0.1) is 0 Å². The molecule has 0 radical (unpaired) electrons. The number of ether oxygens (including phenoxy) is 2. The number of hydrogen-bond acceptors (Lipinski definition) is 9. The van der Waals surface area contributed by atoms with Gasteiger partial charge in [0.05, 0.1) is 33.2 Å². The highest BCUT2D eigenvalue weighted by Gasteiger charge is 2.25. The van der Waals surface area contributed by atoms with Gasteiger partial charge in [0.25, 0.3) is 0 Å². The molecular weight excluding hydrogens is 931 g/mol. The predicted octanol–water partition coefficient (Wildman–Crippen LogP) is 15.1. The van der Waals surface area contributed by atoms with Crippen LogP contribution >= 0.6 is 0 Å². The molecule has 11 nitrogen and oxygen atoms in total. The van der Waals surface area contributed by atoms with Crippen molar-refractivity contribution in [3.63, 3.8) is 0 Å². The van der Waals surface area contributed by atoms with Gasteiger partial charge in [-0.1, -0.05) is 154 Å². The van der Waals surface area contributed by atoms with E-state index >= 15 is 0 Å². The van der Waals surface area contributed by atoms with E-state index in [4.69, 9.17) is 14.6 Å². The number of Topliss-reactive ketones (excluding diaryl/α,β-unsaturated/α-hetero) is 5. The van der Waals surface area contributed by atoms with Crippen molar-refractivity contribution >= 4 is 34.9 Å². The molecule has 11 heteroatoms. The van der Waals surface area contributed by atoms with E-state index in [1.807, 2.05) is 0 Å². The SMILES string of the molecule is CCCCCCCCC=CCCCCCCCCOCC(C[N+](C)(C)CCCC(CCC(=O)CCC(=O)CCC(=O)CCC(=O)CCC(=O)CCO)C(=O)O)OCCCCCCCCC=CCCCCCCCC. The molecule has 0 amide bonds. The molecule has 0 heterocycles. The lowest BCUT2D eigenvalue weighted by molar-refractivity contribution is -0.893. The molecule has 0 aliphatic heterocycles. The number of aliphatic hydroxyl groups is 1. The standard InChI is InChI=1S/C63H113NO10/c1-5-7-9-11-13-15-17-19-21-23-25-27-29-31-33-35-52-73-55-62(74-53-36-34-32-30-28-26-24-22-20-18-16-14-12-10-8-6-2)54-64(3,4)50-37-38-56(63(71)72)39-40-57(66)41-42-58(67)43-44-59(68)45-46-60(69)47-48-61(70)49-51-65/h19-22,56,62,65H,5-18,23-55H2,1-4H3/p+1. The molecule has 0 saturated heterocycles. The van der Waals surface area contributed by atoms with E-state index in [9.17, 15) is 33.9 Å². The summed E-state index contributed by atoms with van der Waals surface area (Å²) in [7, 11) is 4.33. The summed E-state index contributed by atoms with van der Waals surface area (Å²) in [6, 6.07) is 0. The summed E-state index contributed by atoms with van der Waals surface area (Å²) in [5, 5.41) is 18.8. The molecule has 0 saturated carbocycles. The number of carboxylic acids is 1. The van der Waals surface area contributed by atoms with Crippen LogP contribution in [0.15, 0.2) is 24.3 Å². The lowest BCUT2D eigenvalue weighted by atomic mass is 9.94. The van der Waals surface area contributed by atoms with E-state index in [2.05, 4.69) is 52.2 Å². The van der Waals surface area contributed by atoms with Crippen LogP contribution in [0.3, 0.4) is 0 Å². The van der Waals surface area contributed by atoms with E-state index in [1.165, 1.54) is 161 Å². The van der Waals surface area contributed by atoms with Crippen molar-refractivity contribution in [3.05, 3.63) is 24.3 Å². The van der Waals surface area contributed by atoms with Crippen LogP contribution in [0.5, 0.6) is 0 Å². The van der Waals surface area contributed by atoms with E-state index in [0.717, 1.165) is 39.0 Å². The van der Waals surface area contributed by atoms with Crippen LogP contribution in [0, 0.1) is 5.92 Å². The predicted molar refractivity (Wildman–Crippen MR) is 305 cm³/mol. The van der Waals surface area contributed by atoms with Gasteiger partial charge in [-0.2, -0.15) is 0 Å². The Morgan fingerprint density at radius 2 is 0.784 bits per heavy atom. The number of carbonyl (C=O) groups excluding carboxylic acids is 5. The molecule has 0 rings (SSSR count). The Morgan fingerprint density at radius 1 is 0.432 bits per heavy atom. The molecule has 0 aromatic carbocycles.